The van der Waals surface area contributed by atoms with Crippen molar-refractivity contribution in [1.82, 2.24) is 15.2 Å². The molecular formula is C24H22N4O4. The Bertz CT molecular complexity index is 1200. The Morgan fingerprint density at radius 1 is 1.12 bits per heavy atom. The van der Waals surface area contributed by atoms with Crippen LogP contribution in [0, 0.1) is 0 Å². The Kier molecular flexibility index (Phi) is 4.84. The van der Waals surface area contributed by atoms with E-state index in [4.69, 9.17) is 5.73 Å². The molecule has 1 aromatic carbocycles. The van der Waals surface area contributed by atoms with Gasteiger partial charge in [-0.1, -0.05) is 24.3 Å². The molecule has 8 heteroatoms. The van der Waals surface area contributed by atoms with Gasteiger partial charge in [0.25, 0.3) is 11.8 Å². The first kappa shape index (κ1) is 20.1. The third-order valence-corrected chi connectivity index (χ3v) is 6.56. The number of nitrogens with zero attached hydrogens (tertiary/aromatic N) is 2. The van der Waals surface area contributed by atoms with E-state index in [1.165, 1.54) is 0 Å². The van der Waals surface area contributed by atoms with E-state index in [1.807, 2.05) is 18.2 Å². The number of rotatable bonds is 4. The van der Waals surface area contributed by atoms with Crippen molar-refractivity contribution < 1.29 is 19.2 Å². The molecule has 162 valence electrons. The van der Waals surface area contributed by atoms with Gasteiger partial charge < -0.3 is 10.6 Å². The number of hydrogen-bond donors (Lipinski definition) is 2. The number of nitrogens with one attached hydrogen (secondary N) is 1. The lowest BCUT2D eigenvalue weighted by molar-refractivity contribution is -0.136. The summed E-state index contributed by atoms with van der Waals surface area (Å²) in [5.74, 6) is -1.36. The van der Waals surface area contributed by atoms with E-state index in [0.29, 0.717) is 30.6 Å². The van der Waals surface area contributed by atoms with Gasteiger partial charge in [0, 0.05) is 24.7 Å². The van der Waals surface area contributed by atoms with E-state index < -0.39 is 17.9 Å². The van der Waals surface area contributed by atoms with Gasteiger partial charge in [-0.15, -0.1) is 0 Å². The van der Waals surface area contributed by atoms with Crippen molar-refractivity contribution in [1.29, 1.82) is 0 Å². The number of carbonyl (C=O) groups excluding carboxylic acids is 4. The summed E-state index contributed by atoms with van der Waals surface area (Å²) in [4.78, 5) is 54.4. The molecule has 0 radical (unpaired) electrons. The number of primary amides is 1. The molecule has 1 saturated heterocycles. The molecule has 5 rings (SSSR count). The molecule has 3 N–H and O–H groups in total. The van der Waals surface area contributed by atoms with Gasteiger partial charge >= 0.3 is 0 Å². The number of amides is 4. The van der Waals surface area contributed by atoms with Crippen molar-refractivity contribution in [3.63, 3.8) is 0 Å². The summed E-state index contributed by atoms with van der Waals surface area (Å²) < 4.78 is 0. The molecule has 2 atom stereocenters. The number of hydrogen-bond acceptors (Lipinski definition) is 5. The molecule has 3 heterocycles. The number of benzene rings is 1. The van der Waals surface area contributed by atoms with Gasteiger partial charge in [-0.25, -0.2) is 0 Å². The summed E-state index contributed by atoms with van der Waals surface area (Å²) in [6.45, 7) is 0.331. The van der Waals surface area contributed by atoms with Gasteiger partial charge in [-0.3, -0.25) is 29.5 Å². The summed E-state index contributed by atoms with van der Waals surface area (Å²) in [6, 6.07) is 8.68. The fourth-order valence-electron chi connectivity index (χ4n) is 5.01. The zero-order valence-corrected chi connectivity index (χ0v) is 17.3. The van der Waals surface area contributed by atoms with E-state index in [0.717, 1.165) is 28.7 Å². The molecule has 0 spiro atoms. The van der Waals surface area contributed by atoms with E-state index >= 15 is 0 Å². The van der Waals surface area contributed by atoms with E-state index in [2.05, 4.69) is 16.4 Å². The maximum absolute atomic E-state index is 13.1. The van der Waals surface area contributed by atoms with Gasteiger partial charge in [-0.05, 0) is 59.6 Å². The van der Waals surface area contributed by atoms with E-state index in [9.17, 15) is 19.2 Å². The molecule has 2 unspecified atom stereocenters. The average Bonchev–Trinajstić information content (AvgIpc) is 3.39. The first-order valence-corrected chi connectivity index (χ1v) is 10.6. The molecule has 1 fully saturated rings. The summed E-state index contributed by atoms with van der Waals surface area (Å²) in [5.41, 5.74) is 10.2. The lowest BCUT2D eigenvalue weighted by Gasteiger charge is -2.29. The highest BCUT2D eigenvalue weighted by Gasteiger charge is 2.40. The third-order valence-electron chi connectivity index (χ3n) is 6.56. The van der Waals surface area contributed by atoms with Gasteiger partial charge in [0.2, 0.25) is 11.8 Å². The number of fused-ring (bicyclic) bond motifs is 1. The first-order chi connectivity index (χ1) is 15.4. The van der Waals surface area contributed by atoms with Crippen molar-refractivity contribution >= 4 is 29.2 Å². The molecule has 32 heavy (non-hydrogen) atoms. The maximum atomic E-state index is 13.1. The lowest BCUT2D eigenvalue weighted by Crippen LogP contribution is -2.52. The molecule has 4 amide bonds. The largest absolute Gasteiger partial charge is 0.364 e. The number of allylic oxidation sites excluding steroid dienone is 2. The highest BCUT2D eigenvalue weighted by molar-refractivity contribution is 6.06. The molecule has 1 aliphatic carbocycles. The predicted octanol–water partition coefficient (Wildman–Crippen LogP) is 1.90. The lowest BCUT2D eigenvalue weighted by atomic mass is 9.90. The summed E-state index contributed by atoms with van der Waals surface area (Å²) in [7, 11) is 0. The molecule has 3 aliphatic rings. The second-order valence-electron chi connectivity index (χ2n) is 8.40. The molecule has 8 nitrogen and oxygen atoms in total. The van der Waals surface area contributed by atoms with Crippen LogP contribution in [0.4, 0.5) is 0 Å². The molecule has 0 saturated carbocycles. The Morgan fingerprint density at radius 2 is 1.94 bits per heavy atom. The Balaban J connectivity index is 1.41. The van der Waals surface area contributed by atoms with Crippen LogP contribution in [-0.2, 0) is 16.1 Å². The van der Waals surface area contributed by atoms with Gasteiger partial charge in [0.1, 0.15) is 11.7 Å². The normalized spacial score (nSPS) is 22.6. The zero-order valence-electron chi connectivity index (χ0n) is 17.3. The minimum Gasteiger partial charge on any atom is -0.364 e. The van der Waals surface area contributed by atoms with Crippen molar-refractivity contribution in [2.24, 2.45) is 5.73 Å². The van der Waals surface area contributed by atoms with Crippen LogP contribution in [0.2, 0.25) is 0 Å². The van der Waals surface area contributed by atoms with Crippen LogP contribution in [-0.4, -0.2) is 39.6 Å². The highest BCUT2D eigenvalue weighted by atomic mass is 16.2. The van der Waals surface area contributed by atoms with Crippen molar-refractivity contribution in [3.05, 3.63) is 70.6 Å². The smallest absolute Gasteiger partial charge is 0.267 e. The number of aromatic nitrogens is 1. The van der Waals surface area contributed by atoms with E-state index in [1.54, 1.807) is 23.2 Å². The maximum Gasteiger partial charge on any atom is 0.267 e. The Labute approximate surface area is 184 Å². The molecular weight excluding hydrogens is 408 g/mol. The van der Waals surface area contributed by atoms with Gasteiger partial charge in [0.15, 0.2) is 0 Å². The van der Waals surface area contributed by atoms with Crippen LogP contribution in [0.15, 0.2) is 42.6 Å². The quantitative estimate of drug-likeness (QED) is 0.718. The summed E-state index contributed by atoms with van der Waals surface area (Å²) >= 11 is 0. The zero-order chi connectivity index (χ0) is 22.4. The second-order valence-corrected chi connectivity index (χ2v) is 8.40. The standard InChI is InChI=1S/C24H22N4O4/c25-22(30)21-16(5-2-10-26-21)14-7-6-13(11-14)15-3-1-4-17-18(15)12-28(24(17)32)19-8-9-20(29)27-23(19)31/h1-6,10,14,19H,7-9,11-12H2,(H2,25,30)(H,27,29,31). The van der Waals surface area contributed by atoms with Crippen molar-refractivity contribution in [2.75, 3.05) is 0 Å². The molecule has 1 aromatic heterocycles. The topological polar surface area (TPSA) is 122 Å². The van der Waals surface area contributed by atoms with Crippen LogP contribution in [0.5, 0.6) is 0 Å². The number of pyridine rings is 1. The molecule has 2 aliphatic heterocycles. The fraction of sp³-hybridized carbons (Fsp3) is 0.292. The van der Waals surface area contributed by atoms with Crippen LogP contribution in [0.3, 0.4) is 0 Å². The van der Waals surface area contributed by atoms with E-state index in [-0.39, 0.29) is 24.2 Å². The Hall–Kier alpha value is -3.81. The SMILES string of the molecule is NC(=O)c1ncccc1C1CC=C(c2cccc3c2CN(C2CCC(=O)NC2=O)C3=O)C1. The molecule has 0 bridgehead atoms. The van der Waals surface area contributed by atoms with Crippen LogP contribution in [0.1, 0.15) is 69.1 Å². The predicted molar refractivity (Wildman–Crippen MR) is 115 cm³/mol. The number of carbonyl (C=O) groups is 4. The number of piperidine rings is 1. The summed E-state index contributed by atoms with van der Waals surface area (Å²) in [5, 5.41) is 2.33. The minimum absolute atomic E-state index is 0.0837. The van der Waals surface area contributed by atoms with Gasteiger partial charge in [-0.2, -0.15) is 0 Å². The van der Waals surface area contributed by atoms with Crippen LogP contribution < -0.4 is 11.1 Å². The fourth-order valence-corrected chi connectivity index (χ4v) is 5.01. The average molecular weight is 430 g/mol. The number of imide groups is 1. The minimum atomic E-state index is -0.640. The van der Waals surface area contributed by atoms with Crippen molar-refractivity contribution in [3.8, 4) is 0 Å². The summed E-state index contributed by atoms with van der Waals surface area (Å²) in [6.07, 6.45) is 5.71. The van der Waals surface area contributed by atoms with Gasteiger partial charge in [0.05, 0.1) is 0 Å². The second kappa shape index (κ2) is 7.71. The third kappa shape index (κ3) is 3.28. The van der Waals surface area contributed by atoms with Crippen LogP contribution in [0.25, 0.3) is 5.57 Å². The molecule has 2 aromatic rings. The van der Waals surface area contributed by atoms with Crippen molar-refractivity contribution in [2.45, 2.75) is 44.2 Å². The Morgan fingerprint density at radius 3 is 2.72 bits per heavy atom. The highest BCUT2D eigenvalue weighted by Crippen LogP contribution is 2.42. The first-order valence-electron chi connectivity index (χ1n) is 10.6. The number of nitrogens with two attached hydrogens (primary N) is 1. The van der Waals surface area contributed by atoms with Crippen LogP contribution >= 0.6 is 0 Å². The monoisotopic (exact) mass is 430 g/mol.